The van der Waals surface area contributed by atoms with Crippen LogP contribution in [0.5, 0.6) is 0 Å². The van der Waals surface area contributed by atoms with Crippen LogP contribution in [0.2, 0.25) is 0 Å². The maximum atomic E-state index is 5.41. The highest BCUT2D eigenvalue weighted by atomic mass is 79.9. The monoisotopic (exact) mass is 241 g/mol. The lowest BCUT2D eigenvalue weighted by Crippen LogP contribution is -2.12. The number of hydrogen-bond acceptors (Lipinski definition) is 2. The SMILES string of the molecule is COC1CCCc2ncc(Br)cc21. The van der Waals surface area contributed by atoms with Gasteiger partial charge in [0.25, 0.3) is 0 Å². The molecule has 70 valence electrons. The quantitative estimate of drug-likeness (QED) is 0.755. The van der Waals surface area contributed by atoms with Crippen LogP contribution < -0.4 is 0 Å². The van der Waals surface area contributed by atoms with Crippen molar-refractivity contribution in [2.75, 3.05) is 7.11 Å². The second-order valence-electron chi connectivity index (χ2n) is 3.31. The summed E-state index contributed by atoms with van der Waals surface area (Å²) in [5, 5.41) is 0. The first-order chi connectivity index (χ1) is 6.31. The Kier molecular flexibility index (Phi) is 2.65. The molecule has 0 saturated carbocycles. The van der Waals surface area contributed by atoms with Crippen LogP contribution in [0.3, 0.4) is 0 Å². The van der Waals surface area contributed by atoms with Crippen LogP contribution in [0.25, 0.3) is 0 Å². The minimum atomic E-state index is 0.244. The average molecular weight is 242 g/mol. The maximum absolute atomic E-state index is 5.41. The van der Waals surface area contributed by atoms with Gasteiger partial charge in [0.1, 0.15) is 0 Å². The Bertz CT molecular complexity index is 314. The van der Waals surface area contributed by atoms with E-state index in [2.05, 4.69) is 27.0 Å². The number of aromatic nitrogens is 1. The highest BCUT2D eigenvalue weighted by Crippen LogP contribution is 2.32. The minimum Gasteiger partial charge on any atom is -0.377 e. The predicted molar refractivity (Wildman–Crippen MR) is 54.6 cm³/mol. The summed E-state index contributed by atoms with van der Waals surface area (Å²) >= 11 is 3.43. The Morgan fingerprint density at radius 3 is 3.23 bits per heavy atom. The van der Waals surface area contributed by atoms with Crippen LogP contribution in [0.15, 0.2) is 16.7 Å². The predicted octanol–water partition coefficient (Wildman–Crippen LogP) is 2.87. The zero-order valence-electron chi connectivity index (χ0n) is 7.59. The molecule has 0 saturated heterocycles. The third kappa shape index (κ3) is 1.76. The van der Waals surface area contributed by atoms with Crippen molar-refractivity contribution in [3.63, 3.8) is 0 Å². The smallest absolute Gasteiger partial charge is 0.0839 e. The van der Waals surface area contributed by atoms with Crippen molar-refractivity contribution in [3.05, 3.63) is 28.0 Å². The summed E-state index contributed by atoms with van der Waals surface area (Å²) in [5.74, 6) is 0. The Balaban J connectivity index is 2.41. The van der Waals surface area contributed by atoms with E-state index in [0.717, 1.165) is 17.3 Å². The fourth-order valence-electron chi connectivity index (χ4n) is 1.83. The molecule has 2 nitrogen and oxygen atoms in total. The number of rotatable bonds is 1. The Morgan fingerprint density at radius 2 is 2.46 bits per heavy atom. The lowest BCUT2D eigenvalue weighted by Gasteiger charge is -2.23. The first-order valence-electron chi connectivity index (χ1n) is 4.48. The van der Waals surface area contributed by atoms with Crippen molar-refractivity contribution < 1.29 is 4.74 Å². The van der Waals surface area contributed by atoms with Crippen LogP contribution in [-0.2, 0) is 11.2 Å². The zero-order valence-corrected chi connectivity index (χ0v) is 9.17. The summed E-state index contributed by atoms with van der Waals surface area (Å²) in [6.07, 6.45) is 5.48. The van der Waals surface area contributed by atoms with E-state index in [1.807, 2.05) is 6.20 Å². The molecular weight excluding hydrogens is 230 g/mol. The molecular formula is C10H12BrNO. The van der Waals surface area contributed by atoms with Crippen molar-refractivity contribution >= 4 is 15.9 Å². The number of hydrogen-bond donors (Lipinski definition) is 0. The van der Waals surface area contributed by atoms with E-state index in [4.69, 9.17) is 4.74 Å². The van der Waals surface area contributed by atoms with E-state index in [0.29, 0.717) is 0 Å². The number of nitrogens with zero attached hydrogens (tertiary/aromatic N) is 1. The van der Waals surface area contributed by atoms with Crippen LogP contribution in [0.4, 0.5) is 0 Å². The minimum absolute atomic E-state index is 0.244. The van der Waals surface area contributed by atoms with Gasteiger partial charge in [0.05, 0.1) is 6.10 Å². The van der Waals surface area contributed by atoms with E-state index < -0.39 is 0 Å². The third-order valence-electron chi connectivity index (χ3n) is 2.48. The summed E-state index contributed by atoms with van der Waals surface area (Å²) < 4.78 is 6.45. The maximum Gasteiger partial charge on any atom is 0.0839 e. The molecule has 13 heavy (non-hydrogen) atoms. The number of halogens is 1. The van der Waals surface area contributed by atoms with Crippen LogP contribution in [0, 0.1) is 0 Å². The molecule has 1 aliphatic rings. The van der Waals surface area contributed by atoms with Gasteiger partial charge in [0.2, 0.25) is 0 Å². The largest absolute Gasteiger partial charge is 0.377 e. The number of methoxy groups -OCH3 is 1. The van der Waals surface area contributed by atoms with Gasteiger partial charge in [-0.1, -0.05) is 0 Å². The van der Waals surface area contributed by atoms with E-state index in [1.165, 1.54) is 17.7 Å². The summed E-state index contributed by atoms with van der Waals surface area (Å²) in [6.45, 7) is 0. The molecule has 1 heterocycles. The molecule has 1 unspecified atom stereocenters. The highest BCUT2D eigenvalue weighted by molar-refractivity contribution is 9.10. The molecule has 0 bridgehead atoms. The van der Waals surface area contributed by atoms with Crippen molar-refractivity contribution in [2.45, 2.75) is 25.4 Å². The van der Waals surface area contributed by atoms with E-state index >= 15 is 0 Å². The summed E-state index contributed by atoms with van der Waals surface area (Å²) in [5.41, 5.74) is 2.45. The molecule has 1 atom stereocenters. The molecule has 1 aromatic rings. The van der Waals surface area contributed by atoms with Gasteiger partial charge < -0.3 is 4.74 Å². The van der Waals surface area contributed by atoms with Gasteiger partial charge in [0, 0.05) is 29.0 Å². The molecule has 0 aliphatic heterocycles. The van der Waals surface area contributed by atoms with Gasteiger partial charge in [0.15, 0.2) is 0 Å². The molecule has 0 amide bonds. The Hall–Kier alpha value is -0.410. The summed E-state index contributed by atoms with van der Waals surface area (Å²) in [7, 11) is 1.76. The molecule has 0 spiro atoms. The van der Waals surface area contributed by atoms with Crippen LogP contribution in [-0.4, -0.2) is 12.1 Å². The van der Waals surface area contributed by atoms with E-state index in [9.17, 15) is 0 Å². The zero-order chi connectivity index (χ0) is 9.26. The van der Waals surface area contributed by atoms with Crippen molar-refractivity contribution in [1.29, 1.82) is 0 Å². The standard InChI is InChI=1S/C10H12BrNO/c1-13-10-4-2-3-9-8(10)5-7(11)6-12-9/h5-6,10H,2-4H2,1H3. The Morgan fingerprint density at radius 1 is 1.62 bits per heavy atom. The Labute approximate surface area is 86.5 Å². The molecule has 1 aromatic heterocycles. The van der Waals surface area contributed by atoms with Gasteiger partial charge in [-0.3, -0.25) is 4.98 Å². The normalized spacial score (nSPS) is 21.2. The fraction of sp³-hybridized carbons (Fsp3) is 0.500. The number of pyridine rings is 1. The molecule has 0 fully saturated rings. The van der Waals surface area contributed by atoms with Gasteiger partial charge >= 0.3 is 0 Å². The lowest BCUT2D eigenvalue weighted by atomic mass is 9.93. The summed E-state index contributed by atoms with van der Waals surface area (Å²) in [4.78, 5) is 4.39. The first-order valence-corrected chi connectivity index (χ1v) is 5.27. The average Bonchev–Trinajstić information content (AvgIpc) is 2.17. The molecule has 1 aliphatic carbocycles. The van der Waals surface area contributed by atoms with E-state index in [1.54, 1.807) is 7.11 Å². The molecule has 0 N–H and O–H groups in total. The number of aryl methyl sites for hydroxylation is 1. The van der Waals surface area contributed by atoms with E-state index in [-0.39, 0.29) is 6.10 Å². The lowest BCUT2D eigenvalue weighted by molar-refractivity contribution is 0.0873. The van der Waals surface area contributed by atoms with Crippen molar-refractivity contribution in [1.82, 2.24) is 4.98 Å². The molecule has 0 radical (unpaired) electrons. The van der Waals surface area contributed by atoms with Crippen LogP contribution >= 0.6 is 15.9 Å². The summed E-state index contributed by atoms with van der Waals surface area (Å²) in [6, 6.07) is 2.12. The van der Waals surface area contributed by atoms with Crippen molar-refractivity contribution in [3.8, 4) is 0 Å². The third-order valence-corrected chi connectivity index (χ3v) is 2.92. The fourth-order valence-corrected chi connectivity index (χ4v) is 2.18. The van der Waals surface area contributed by atoms with Gasteiger partial charge in [-0.15, -0.1) is 0 Å². The molecule has 2 rings (SSSR count). The van der Waals surface area contributed by atoms with Crippen molar-refractivity contribution in [2.24, 2.45) is 0 Å². The van der Waals surface area contributed by atoms with Gasteiger partial charge in [-0.2, -0.15) is 0 Å². The number of fused-ring (bicyclic) bond motifs is 1. The second-order valence-corrected chi connectivity index (χ2v) is 4.22. The highest BCUT2D eigenvalue weighted by Gasteiger charge is 2.20. The molecule has 0 aromatic carbocycles. The van der Waals surface area contributed by atoms with Gasteiger partial charge in [-0.05, 0) is 41.3 Å². The molecule has 3 heteroatoms. The van der Waals surface area contributed by atoms with Gasteiger partial charge in [-0.25, -0.2) is 0 Å². The topological polar surface area (TPSA) is 22.1 Å². The first kappa shape index (κ1) is 9.16. The second kappa shape index (κ2) is 3.76. The number of ether oxygens (including phenoxy) is 1. The van der Waals surface area contributed by atoms with Crippen LogP contribution in [0.1, 0.15) is 30.2 Å².